The predicted molar refractivity (Wildman–Crippen MR) is 148 cm³/mol. The Morgan fingerprint density at radius 1 is 0.657 bits per heavy atom. The average Bonchev–Trinajstić information content (AvgIpc) is 2.83. The lowest BCUT2D eigenvalue weighted by Gasteiger charge is -2.21. The van der Waals surface area contributed by atoms with Crippen LogP contribution < -0.4 is 4.74 Å². The minimum atomic E-state index is -4.43. The zero-order valence-corrected chi connectivity index (χ0v) is 23.2. The SMILES string of the molecule is CCCCCCCCCc1c(OCC)c(S(=O)(=O)O)c2ccccc2c1CCCCCCCCC. The first-order valence-corrected chi connectivity index (χ1v) is 15.6. The molecule has 1 N–H and O–H groups in total. The molecule has 2 rings (SSSR count). The first-order chi connectivity index (χ1) is 17.0. The molecule has 35 heavy (non-hydrogen) atoms. The zero-order valence-electron chi connectivity index (χ0n) is 22.4. The molecular weight excluding hydrogens is 456 g/mol. The van der Waals surface area contributed by atoms with E-state index in [2.05, 4.69) is 13.8 Å². The van der Waals surface area contributed by atoms with E-state index in [4.69, 9.17) is 4.74 Å². The van der Waals surface area contributed by atoms with Gasteiger partial charge in [0, 0.05) is 5.39 Å². The van der Waals surface area contributed by atoms with Gasteiger partial charge >= 0.3 is 0 Å². The van der Waals surface area contributed by atoms with Crippen LogP contribution >= 0.6 is 0 Å². The van der Waals surface area contributed by atoms with Gasteiger partial charge in [-0.15, -0.1) is 0 Å². The maximum Gasteiger partial charge on any atom is 0.298 e. The van der Waals surface area contributed by atoms with Crippen LogP contribution in [0.2, 0.25) is 0 Å². The fraction of sp³-hybridized carbons (Fsp3) is 0.667. The van der Waals surface area contributed by atoms with E-state index < -0.39 is 10.1 Å². The summed E-state index contributed by atoms with van der Waals surface area (Å²) in [7, 11) is -4.43. The summed E-state index contributed by atoms with van der Waals surface area (Å²) in [6.07, 6.45) is 18.8. The van der Waals surface area contributed by atoms with E-state index in [0.29, 0.717) is 17.7 Å². The molecule has 198 valence electrons. The molecule has 0 bridgehead atoms. The maximum absolute atomic E-state index is 12.5. The largest absolute Gasteiger partial charge is 0.492 e. The molecule has 0 amide bonds. The number of aryl methyl sites for hydroxylation is 1. The summed E-state index contributed by atoms with van der Waals surface area (Å²) >= 11 is 0. The van der Waals surface area contributed by atoms with Crippen molar-refractivity contribution in [2.45, 2.75) is 128 Å². The second kappa shape index (κ2) is 16.2. The summed E-state index contributed by atoms with van der Waals surface area (Å²) in [5, 5.41) is 1.51. The normalized spacial score (nSPS) is 11.9. The van der Waals surface area contributed by atoms with Crippen molar-refractivity contribution < 1.29 is 17.7 Å². The van der Waals surface area contributed by atoms with Gasteiger partial charge in [-0.2, -0.15) is 8.42 Å². The molecule has 0 heterocycles. The minimum Gasteiger partial charge on any atom is -0.492 e. The van der Waals surface area contributed by atoms with Gasteiger partial charge < -0.3 is 4.74 Å². The van der Waals surface area contributed by atoms with Crippen LogP contribution in [0, 0.1) is 0 Å². The Hall–Kier alpha value is -1.59. The van der Waals surface area contributed by atoms with Crippen LogP contribution in [0.15, 0.2) is 29.2 Å². The summed E-state index contributed by atoms with van der Waals surface area (Å²) in [4.78, 5) is -0.0591. The monoisotopic (exact) mass is 504 g/mol. The summed E-state index contributed by atoms with van der Waals surface area (Å²) in [6, 6.07) is 7.60. The third-order valence-electron chi connectivity index (χ3n) is 6.95. The molecule has 0 aliphatic rings. The van der Waals surface area contributed by atoms with E-state index >= 15 is 0 Å². The van der Waals surface area contributed by atoms with Crippen molar-refractivity contribution in [1.82, 2.24) is 0 Å². The molecule has 0 atom stereocenters. The van der Waals surface area contributed by atoms with Crippen molar-refractivity contribution in [3.63, 3.8) is 0 Å². The van der Waals surface area contributed by atoms with Crippen LogP contribution in [0.1, 0.15) is 122 Å². The molecule has 0 aromatic heterocycles. The highest BCUT2D eigenvalue weighted by Crippen LogP contribution is 2.41. The molecule has 0 saturated carbocycles. The Labute approximate surface area is 214 Å². The number of benzene rings is 2. The van der Waals surface area contributed by atoms with E-state index in [0.717, 1.165) is 43.1 Å². The highest BCUT2D eigenvalue weighted by atomic mass is 32.2. The van der Waals surface area contributed by atoms with Crippen molar-refractivity contribution in [2.75, 3.05) is 6.61 Å². The number of rotatable bonds is 19. The van der Waals surface area contributed by atoms with E-state index in [1.807, 2.05) is 25.1 Å². The molecule has 5 heteroatoms. The fourth-order valence-electron chi connectivity index (χ4n) is 5.12. The molecule has 0 spiro atoms. The molecule has 2 aromatic rings. The Morgan fingerprint density at radius 3 is 1.60 bits per heavy atom. The van der Waals surface area contributed by atoms with Gasteiger partial charge in [-0.3, -0.25) is 4.55 Å². The molecule has 0 radical (unpaired) electrons. The molecule has 0 aliphatic heterocycles. The molecule has 0 unspecified atom stereocenters. The van der Waals surface area contributed by atoms with Crippen molar-refractivity contribution in [3.05, 3.63) is 35.4 Å². The standard InChI is InChI=1S/C30H48O4S/c1-4-7-9-11-13-15-17-21-25-26-22-19-20-24-28(26)30(35(31,32)33)29(34-6-3)27(25)23-18-16-14-12-10-8-5-2/h19-20,22,24H,4-18,21,23H2,1-3H3,(H,31,32,33). The Balaban J connectivity index is 2.35. The number of hydrogen-bond donors (Lipinski definition) is 1. The molecule has 4 nitrogen and oxygen atoms in total. The van der Waals surface area contributed by atoms with Gasteiger partial charge in [-0.25, -0.2) is 0 Å². The Bertz CT molecular complexity index is 982. The first-order valence-electron chi connectivity index (χ1n) is 14.1. The molecular formula is C30H48O4S. The highest BCUT2D eigenvalue weighted by molar-refractivity contribution is 7.86. The molecule has 0 saturated heterocycles. The summed E-state index contributed by atoms with van der Waals surface area (Å²) < 4.78 is 41.3. The van der Waals surface area contributed by atoms with Crippen LogP contribution in [-0.4, -0.2) is 19.6 Å². The number of hydrogen-bond acceptors (Lipinski definition) is 3. The lowest BCUT2D eigenvalue weighted by Crippen LogP contribution is -2.10. The first kappa shape index (κ1) is 29.6. The zero-order chi connectivity index (χ0) is 25.5. The van der Waals surface area contributed by atoms with Gasteiger partial charge in [-0.05, 0) is 49.1 Å². The van der Waals surface area contributed by atoms with Crippen molar-refractivity contribution in [3.8, 4) is 5.75 Å². The van der Waals surface area contributed by atoms with E-state index in [1.165, 1.54) is 76.2 Å². The predicted octanol–water partition coefficient (Wildman–Crippen LogP) is 9.07. The lowest BCUT2D eigenvalue weighted by atomic mass is 9.90. The Kier molecular flexibility index (Phi) is 13.7. The Morgan fingerprint density at radius 2 is 1.11 bits per heavy atom. The topological polar surface area (TPSA) is 63.6 Å². The van der Waals surface area contributed by atoms with Gasteiger partial charge in [0.1, 0.15) is 10.6 Å². The van der Waals surface area contributed by atoms with Crippen molar-refractivity contribution in [1.29, 1.82) is 0 Å². The van der Waals surface area contributed by atoms with Crippen molar-refractivity contribution in [2.24, 2.45) is 0 Å². The van der Waals surface area contributed by atoms with Gasteiger partial charge in [0.15, 0.2) is 0 Å². The highest BCUT2D eigenvalue weighted by Gasteiger charge is 2.27. The molecule has 2 aromatic carbocycles. The van der Waals surface area contributed by atoms with Gasteiger partial charge in [-0.1, -0.05) is 115 Å². The van der Waals surface area contributed by atoms with Crippen LogP contribution in [0.25, 0.3) is 10.8 Å². The summed E-state index contributed by atoms with van der Waals surface area (Å²) in [5.74, 6) is 0.373. The maximum atomic E-state index is 12.5. The molecule has 0 aliphatic carbocycles. The van der Waals surface area contributed by atoms with Gasteiger partial charge in [0.25, 0.3) is 10.1 Å². The summed E-state index contributed by atoms with van der Waals surface area (Å²) in [6.45, 7) is 6.71. The van der Waals surface area contributed by atoms with Crippen LogP contribution in [0.3, 0.4) is 0 Å². The van der Waals surface area contributed by atoms with E-state index in [9.17, 15) is 13.0 Å². The minimum absolute atomic E-state index is 0.0591. The van der Waals surface area contributed by atoms with Crippen LogP contribution in [-0.2, 0) is 23.0 Å². The number of ether oxygens (including phenoxy) is 1. The van der Waals surface area contributed by atoms with E-state index in [1.54, 1.807) is 6.07 Å². The quantitative estimate of drug-likeness (QED) is 0.153. The van der Waals surface area contributed by atoms with Gasteiger partial charge in [0.2, 0.25) is 0 Å². The van der Waals surface area contributed by atoms with Crippen LogP contribution in [0.4, 0.5) is 0 Å². The lowest BCUT2D eigenvalue weighted by molar-refractivity contribution is 0.325. The molecule has 0 fully saturated rings. The van der Waals surface area contributed by atoms with Gasteiger partial charge in [0.05, 0.1) is 6.61 Å². The second-order valence-electron chi connectivity index (χ2n) is 9.81. The van der Waals surface area contributed by atoms with Crippen LogP contribution in [0.5, 0.6) is 5.75 Å². The third-order valence-corrected chi connectivity index (χ3v) is 7.87. The summed E-state index contributed by atoms with van der Waals surface area (Å²) in [5.41, 5.74) is 2.19. The fourth-order valence-corrected chi connectivity index (χ4v) is 6.00. The smallest absolute Gasteiger partial charge is 0.298 e. The van der Waals surface area contributed by atoms with E-state index in [-0.39, 0.29) is 4.90 Å². The average molecular weight is 505 g/mol. The second-order valence-corrected chi connectivity index (χ2v) is 11.2. The third kappa shape index (κ3) is 9.42. The number of fused-ring (bicyclic) bond motifs is 1. The number of unbranched alkanes of at least 4 members (excludes halogenated alkanes) is 12. The van der Waals surface area contributed by atoms with Crippen molar-refractivity contribution >= 4 is 20.9 Å².